The first-order valence-corrected chi connectivity index (χ1v) is 7.87. The fourth-order valence-corrected chi connectivity index (χ4v) is 3.58. The van der Waals surface area contributed by atoms with E-state index in [0.717, 1.165) is 31.2 Å². The number of nitrogens with zero attached hydrogens (tertiary/aromatic N) is 1. The molecule has 0 bridgehead atoms. The largest absolute Gasteiger partial charge is 0.393 e. The van der Waals surface area contributed by atoms with Crippen LogP contribution in [0.15, 0.2) is 23.7 Å². The van der Waals surface area contributed by atoms with E-state index < -0.39 is 0 Å². The molecule has 0 amide bonds. The SMILES string of the molecule is CC(NC1CCC(O)CC1)c1cnc2ccsc2c1. The molecule has 3 nitrogen and oxygen atoms in total. The monoisotopic (exact) mass is 276 g/mol. The summed E-state index contributed by atoms with van der Waals surface area (Å²) in [6, 6.07) is 5.14. The van der Waals surface area contributed by atoms with Crippen LogP contribution in [-0.2, 0) is 0 Å². The predicted molar refractivity (Wildman–Crippen MR) is 79.4 cm³/mol. The predicted octanol–water partition coefficient (Wildman–Crippen LogP) is 3.25. The maximum Gasteiger partial charge on any atom is 0.0809 e. The summed E-state index contributed by atoms with van der Waals surface area (Å²) in [5.74, 6) is 0. The van der Waals surface area contributed by atoms with E-state index in [4.69, 9.17) is 0 Å². The summed E-state index contributed by atoms with van der Waals surface area (Å²) in [4.78, 5) is 4.50. The molecule has 1 atom stereocenters. The van der Waals surface area contributed by atoms with E-state index in [1.165, 1.54) is 10.3 Å². The summed E-state index contributed by atoms with van der Waals surface area (Å²) >= 11 is 1.74. The van der Waals surface area contributed by atoms with Gasteiger partial charge in [0.25, 0.3) is 0 Å². The van der Waals surface area contributed by atoms with Gasteiger partial charge < -0.3 is 10.4 Å². The molecular formula is C15H20N2OS. The van der Waals surface area contributed by atoms with Crippen LogP contribution < -0.4 is 5.32 Å². The molecule has 0 aromatic carbocycles. The summed E-state index contributed by atoms with van der Waals surface area (Å²) in [5, 5.41) is 15.3. The van der Waals surface area contributed by atoms with E-state index in [0.29, 0.717) is 12.1 Å². The molecule has 1 aliphatic rings. The Morgan fingerprint density at radius 1 is 1.37 bits per heavy atom. The number of pyridine rings is 1. The van der Waals surface area contributed by atoms with Crippen molar-refractivity contribution in [2.45, 2.75) is 50.8 Å². The van der Waals surface area contributed by atoms with Crippen LogP contribution in [0.25, 0.3) is 10.2 Å². The minimum absolute atomic E-state index is 0.0857. The Hall–Kier alpha value is -0.970. The molecular weight excluding hydrogens is 256 g/mol. The molecule has 102 valence electrons. The summed E-state index contributed by atoms with van der Waals surface area (Å²) in [5.41, 5.74) is 2.34. The van der Waals surface area contributed by atoms with Crippen LogP contribution >= 0.6 is 11.3 Å². The lowest BCUT2D eigenvalue weighted by Gasteiger charge is -2.29. The highest BCUT2D eigenvalue weighted by molar-refractivity contribution is 7.17. The second kappa shape index (κ2) is 5.57. The van der Waals surface area contributed by atoms with Gasteiger partial charge in [0.2, 0.25) is 0 Å². The van der Waals surface area contributed by atoms with Crippen molar-refractivity contribution in [3.05, 3.63) is 29.3 Å². The van der Waals surface area contributed by atoms with Crippen molar-refractivity contribution in [2.24, 2.45) is 0 Å². The molecule has 0 radical (unpaired) electrons. The maximum atomic E-state index is 9.54. The molecule has 0 aliphatic heterocycles. The Morgan fingerprint density at radius 2 is 2.16 bits per heavy atom. The lowest BCUT2D eigenvalue weighted by Crippen LogP contribution is -2.36. The Kier molecular flexibility index (Phi) is 3.82. The van der Waals surface area contributed by atoms with Gasteiger partial charge in [-0.15, -0.1) is 11.3 Å². The lowest BCUT2D eigenvalue weighted by atomic mass is 9.92. The van der Waals surface area contributed by atoms with Gasteiger partial charge in [-0.1, -0.05) is 0 Å². The molecule has 1 aliphatic carbocycles. The number of aromatic nitrogens is 1. The van der Waals surface area contributed by atoms with Gasteiger partial charge in [0, 0.05) is 18.3 Å². The topological polar surface area (TPSA) is 45.1 Å². The zero-order chi connectivity index (χ0) is 13.2. The van der Waals surface area contributed by atoms with Crippen LogP contribution in [0.3, 0.4) is 0 Å². The zero-order valence-corrected chi connectivity index (χ0v) is 12.0. The first-order valence-electron chi connectivity index (χ1n) is 6.99. The second-order valence-electron chi connectivity index (χ2n) is 5.47. The van der Waals surface area contributed by atoms with E-state index in [2.05, 4.69) is 34.7 Å². The normalized spacial score (nSPS) is 25.6. The average Bonchev–Trinajstić information content (AvgIpc) is 2.88. The third-order valence-corrected chi connectivity index (χ3v) is 4.86. The van der Waals surface area contributed by atoms with Crippen LogP contribution in [0.5, 0.6) is 0 Å². The molecule has 2 N–H and O–H groups in total. The van der Waals surface area contributed by atoms with Crippen molar-refractivity contribution in [1.82, 2.24) is 10.3 Å². The van der Waals surface area contributed by atoms with Gasteiger partial charge in [0.1, 0.15) is 0 Å². The third-order valence-electron chi connectivity index (χ3n) is 4.01. The summed E-state index contributed by atoms with van der Waals surface area (Å²) in [7, 11) is 0. The fraction of sp³-hybridized carbons (Fsp3) is 0.533. The number of aliphatic hydroxyl groups excluding tert-OH is 1. The average molecular weight is 276 g/mol. The number of aliphatic hydroxyl groups is 1. The van der Waals surface area contributed by atoms with Crippen molar-refractivity contribution in [1.29, 1.82) is 0 Å². The van der Waals surface area contributed by atoms with Gasteiger partial charge in [-0.05, 0) is 55.7 Å². The highest BCUT2D eigenvalue weighted by Gasteiger charge is 2.21. The number of nitrogens with one attached hydrogen (secondary N) is 1. The van der Waals surface area contributed by atoms with Gasteiger partial charge in [0.15, 0.2) is 0 Å². The van der Waals surface area contributed by atoms with Crippen molar-refractivity contribution in [3.8, 4) is 0 Å². The van der Waals surface area contributed by atoms with Crippen LogP contribution in [0.1, 0.15) is 44.2 Å². The maximum absolute atomic E-state index is 9.54. The number of hydrogen-bond donors (Lipinski definition) is 2. The Balaban J connectivity index is 1.67. The number of hydrogen-bond acceptors (Lipinski definition) is 4. The Labute approximate surface area is 117 Å². The van der Waals surface area contributed by atoms with Gasteiger partial charge in [-0.25, -0.2) is 0 Å². The number of thiophene rings is 1. The molecule has 2 aromatic rings. The number of rotatable bonds is 3. The molecule has 0 spiro atoms. The second-order valence-corrected chi connectivity index (χ2v) is 6.41. The molecule has 2 aromatic heterocycles. The highest BCUT2D eigenvalue weighted by atomic mass is 32.1. The first kappa shape index (κ1) is 13.0. The fourth-order valence-electron chi connectivity index (χ4n) is 2.79. The van der Waals surface area contributed by atoms with Crippen molar-refractivity contribution < 1.29 is 5.11 Å². The van der Waals surface area contributed by atoms with E-state index in [1.807, 2.05) is 6.20 Å². The van der Waals surface area contributed by atoms with Crippen LogP contribution in [0.4, 0.5) is 0 Å². The highest BCUT2D eigenvalue weighted by Crippen LogP contribution is 2.25. The minimum atomic E-state index is -0.0857. The van der Waals surface area contributed by atoms with Gasteiger partial charge in [0.05, 0.1) is 16.3 Å². The molecule has 3 rings (SSSR count). The summed E-state index contributed by atoms with van der Waals surface area (Å²) < 4.78 is 1.25. The van der Waals surface area contributed by atoms with Crippen molar-refractivity contribution in [2.75, 3.05) is 0 Å². The molecule has 1 saturated carbocycles. The smallest absolute Gasteiger partial charge is 0.0809 e. The van der Waals surface area contributed by atoms with Crippen LogP contribution in [-0.4, -0.2) is 22.2 Å². The van der Waals surface area contributed by atoms with Crippen LogP contribution in [0.2, 0.25) is 0 Å². The van der Waals surface area contributed by atoms with E-state index in [1.54, 1.807) is 11.3 Å². The quantitative estimate of drug-likeness (QED) is 0.904. The van der Waals surface area contributed by atoms with E-state index in [-0.39, 0.29) is 6.10 Å². The summed E-state index contributed by atoms with van der Waals surface area (Å²) in [6.45, 7) is 2.20. The van der Waals surface area contributed by atoms with Crippen molar-refractivity contribution in [3.63, 3.8) is 0 Å². The molecule has 0 saturated heterocycles. The summed E-state index contributed by atoms with van der Waals surface area (Å²) in [6.07, 6.45) is 5.88. The van der Waals surface area contributed by atoms with Crippen LogP contribution in [0, 0.1) is 0 Å². The zero-order valence-electron chi connectivity index (χ0n) is 11.2. The Morgan fingerprint density at radius 3 is 2.95 bits per heavy atom. The van der Waals surface area contributed by atoms with E-state index in [9.17, 15) is 5.11 Å². The molecule has 4 heteroatoms. The molecule has 1 fully saturated rings. The molecule has 19 heavy (non-hydrogen) atoms. The first-order chi connectivity index (χ1) is 9.22. The van der Waals surface area contributed by atoms with Gasteiger partial charge in [-0.3, -0.25) is 4.98 Å². The van der Waals surface area contributed by atoms with E-state index >= 15 is 0 Å². The third kappa shape index (κ3) is 2.96. The van der Waals surface area contributed by atoms with Gasteiger partial charge in [-0.2, -0.15) is 0 Å². The molecule has 2 heterocycles. The number of fused-ring (bicyclic) bond motifs is 1. The van der Waals surface area contributed by atoms with Gasteiger partial charge >= 0.3 is 0 Å². The Bertz CT molecular complexity index is 546. The standard InChI is InChI=1S/C15H20N2OS/c1-10(17-12-2-4-13(18)5-3-12)11-8-15-14(16-9-11)6-7-19-15/h6-10,12-13,17-18H,2-5H2,1H3. The minimum Gasteiger partial charge on any atom is -0.393 e. The van der Waals surface area contributed by atoms with Crippen molar-refractivity contribution >= 4 is 21.6 Å². The lowest BCUT2D eigenvalue weighted by molar-refractivity contribution is 0.114. The molecule has 1 unspecified atom stereocenters.